The molecule has 0 bridgehead atoms. The first-order valence-electron chi connectivity index (χ1n) is 10.6. The molecule has 172 valence electrons. The summed E-state index contributed by atoms with van der Waals surface area (Å²) in [7, 11) is 0. The van der Waals surface area contributed by atoms with Crippen LogP contribution < -0.4 is 0 Å². The molecule has 0 amide bonds. The third-order valence-electron chi connectivity index (χ3n) is 5.42. The number of aryl methyl sites for hydroxylation is 2. The van der Waals surface area contributed by atoms with E-state index in [1.807, 2.05) is 39.2 Å². The molecule has 0 saturated carbocycles. The molecule has 3 heterocycles. The third-order valence-corrected chi connectivity index (χ3v) is 6.62. The van der Waals surface area contributed by atoms with Gasteiger partial charge in [0.2, 0.25) is 0 Å². The van der Waals surface area contributed by atoms with Crippen LogP contribution in [0.1, 0.15) is 76.8 Å². The van der Waals surface area contributed by atoms with Crippen molar-refractivity contribution in [3.63, 3.8) is 0 Å². The summed E-state index contributed by atoms with van der Waals surface area (Å²) in [5, 5.41) is 18.9. The highest BCUT2D eigenvalue weighted by molar-refractivity contribution is 7.15. The minimum absolute atomic E-state index is 0.0130. The molecule has 3 aromatic rings. The summed E-state index contributed by atoms with van der Waals surface area (Å²) in [6.07, 6.45) is 0.0130. The Morgan fingerprint density at radius 2 is 1.79 bits per heavy atom. The number of nitrogens with zero attached hydrogens (tertiary/aromatic N) is 4. The SMILES string of the molecule is Cc1sc2c(c1C)C(c1ccc(C(=O)O)cc1)=NC(CC(=O)OC(C)(C)C)c1nnc(C)n1-2. The summed E-state index contributed by atoms with van der Waals surface area (Å²) in [5.74, 6) is -0.0724. The second-order valence-electron chi connectivity index (χ2n) is 9.07. The number of hydrogen-bond acceptors (Lipinski definition) is 7. The van der Waals surface area contributed by atoms with Crippen LogP contribution in [-0.4, -0.2) is 43.1 Å². The monoisotopic (exact) mass is 466 g/mol. The highest BCUT2D eigenvalue weighted by atomic mass is 32.1. The largest absolute Gasteiger partial charge is 0.478 e. The van der Waals surface area contributed by atoms with Gasteiger partial charge in [-0.2, -0.15) is 0 Å². The van der Waals surface area contributed by atoms with Crippen molar-refractivity contribution in [2.75, 3.05) is 0 Å². The second kappa shape index (κ2) is 8.22. The normalized spacial score (nSPS) is 15.3. The number of rotatable bonds is 4. The first-order chi connectivity index (χ1) is 15.5. The Morgan fingerprint density at radius 1 is 1.12 bits per heavy atom. The molecule has 0 saturated heterocycles. The van der Waals surface area contributed by atoms with Crippen LogP contribution in [0.15, 0.2) is 29.3 Å². The van der Waals surface area contributed by atoms with Crippen molar-refractivity contribution in [3.8, 4) is 5.00 Å². The van der Waals surface area contributed by atoms with E-state index in [9.17, 15) is 14.7 Å². The van der Waals surface area contributed by atoms with Crippen LogP contribution in [0.2, 0.25) is 0 Å². The summed E-state index contributed by atoms with van der Waals surface area (Å²) in [4.78, 5) is 30.2. The van der Waals surface area contributed by atoms with Crippen molar-refractivity contribution >= 4 is 29.0 Å². The Balaban J connectivity index is 1.90. The molecular weight excluding hydrogens is 440 g/mol. The van der Waals surface area contributed by atoms with Crippen molar-refractivity contribution in [2.24, 2.45) is 4.99 Å². The van der Waals surface area contributed by atoms with E-state index in [0.29, 0.717) is 17.4 Å². The predicted molar refractivity (Wildman–Crippen MR) is 126 cm³/mol. The number of benzene rings is 1. The van der Waals surface area contributed by atoms with E-state index < -0.39 is 17.6 Å². The molecule has 2 aromatic heterocycles. The van der Waals surface area contributed by atoms with Gasteiger partial charge in [0.25, 0.3) is 0 Å². The smallest absolute Gasteiger partial charge is 0.335 e. The molecule has 0 spiro atoms. The zero-order chi connectivity index (χ0) is 24.1. The van der Waals surface area contributed by atoms with Crippen LogP contribution in [0, 0.1) is 20.8 Å². The average molecular weight is 467 g/mol. The van der Waals surface area contributed by atoms with E-state index in [4.69, 9.17) is 9.73 Å². The number of carbonyl (C=O) groups is 2. The summed E-state index contributed by atoms with van der Waals surface area (Å²) in [5.41, 5.74) is 3.07. The molecule has 1 atom stereocenters. The topological polar surface area (TPSA) is 107 Å². The maximum atomic E-state index is 12.7. The minimum Gasteiger partial charge on any atom is -0.478 e. The summed E-state index contributed by atoms with van der Waals surface area (Å²) in [6, 6.07) is 6.03. The summed E-state index contributed by atoms with van der Waals surface area (Å²) < 4.78 is 7.53. The fraction of sp³-hybridized carbons (Fsp3) is 0.375. The number of aromatic nitrogens is 3. The molecule has 1 aliphatic rings. The van der Waals surface area contributed by atoms with Crippen LogP contribution in [0.3, 0.4) is 0 Å². The number of carboxylic acids is 1. The molecule has 9 heteroatoms. The molecule has 1 N–H and O–H groups in total. The molecule has 1 aromatic carbocycles. The lowest BCUT2D eigenvalue weighted by Gasteiger charge is -2.21. The van der Waals surface area contributed by atoms with E-state index in [1.165, 1.54) is 0 Å². The number of esters is 1. The van der Waals surface area contributed by atoms with Gasteiger partial charge < -0.3 is 9.84 Å². The van der Waals surface area contributed by atoms with Crippen molar-refractivity contribution in [3.05, 3.63) is 63.0 Å². The molecule has 4 rings (SSSR count). The molecule has 1 aliphatic heterocycles. The van der Waals surface area contributed by atoms with E-state index in [2.05, 4.69) is 17.1 Å². The van der Waals surface area contributed by atoms with Gasteiger partial charge in [0.1, 0.15) is 22.5 Å². The summed E-state index contributed by atoms with van der Waals surface area (Å²) >= 11 is 1.62. The maximum Gasteiger partial charge on any atom is 0.335 e. The highest BCUT2D eigenvalue weighted by Crippen LogP contribution is 2.39. The molecule has 0 aliphatic carbocycles. The Labute approximate surface area is 196 Å². The van der Waals surface area contributed by atoms with Crippen molar-refractivity contribution in [2.45, 2.75) is 59.6 Å². The number of aliphatic imine (C=N–C) groups is 1. The molecule has 0 fully saturated rings. The van der Waals surface area contributed by atoms with Gasteiger partial charge in [-0.1, -0.05) is 12.1 Å². The lowest BCUT2D eigenvalue weighted by Crippen LogP contribution is -2.25. The first-order valence-corrected chi connectivity index (χ1v) is 11.4. The van der Waals surface area contributed by atoms with Gasteiger partial charge in [-0.25, -0.2) is 4.79 Å². The lowest BCUT2D eigenvalue weighted by molar-refractivity contribution is -0.155. The van der Waals surface area contributed by atoms with E-state index >= 15 is 0 Å². The van der Waals surface area contributed by atoms with Gasteiger partial charge in [-0.05, 0) is 59.2 Å². The fourth-order valence-electron chi connectivity index (χ4n) is 3.84. The highest BCUT2D eigenvalue weighted by Gasteiger charge is 2.33. The predicted octanol–water partition coefficient (Wildman–Crippen LogP) is 4.58. The molecule has 33 heavy (non-hydrogen) atoms. The average Bonchev–Trinajstić information content (AvgIpc) is 3.19. The quantitative estimate of drug-likeness (QED) is 0.564. The Bertz CT molecular complexity index is 1280. The van der Waals surface area contributed by atoms with Crippen LogP contribution >= 0.6 is 11.3 Å². The maximum absolute atomic E-state index is 12.7. The van der Waals surface area contributed by atoms with Gasteiger partial charge in [-0.3, -0.25) is 14.4 Å². The zero-order valence-corrected chi connectivity index (χ0v) is 20.3. The second-order valence-corrected chi connectivity index (χ2v) is 10.3. The number of ether oxygens (including phenoxy) is 1. The van der Waals surface area contributed by atoms with Gasteiger partial charge in [0, 0.05) is 16.0 Å². The fourth-order valence-corrected chi connectivity index (χ4v) is 5.05. The lowest BCUT2D eigenvalue weighted by atomic mass is 9.98. The molecule has 8 nitrogen and oxygen atoms in total. The number of hydrogen-bond donors (Lipinski definition) is 1. The Morgan fingerprint density at radius 3 is 2.39 bits per heavy atom. The zero-order valence-electron chi connectivity index (χ0n) is 19.5. The van der Waals surface area contributed by atoms with Gasteiger partial charge >= 0.3 is 11.9 Å². The van der Waals surface area contributed by atoms with Gasteiger partial charge in [-0.15, -0.1) is 21.5 Å². The van der Waals surface area contributed by atoms with E-state index in [0.717, 1.165) is 26.6 Å². The van der Waals surface area contributed by atoms with Crippen molar-refractivity contribution < 1.29 is 19.4 Å². The first kappa shape index (κ1) is 22.8. The van der Waals surface area contributed by atoms with Crippen molar-refractivity contribution in [1.82, 2.24) is 14.8 Å². The Kier molecular flexibility index (Phi) is 5.69. The van der Waals surface area contributed by atoms with Crippen LogP contribution in [0.4, 0.5) is 0 Å². The van der Waals surface area contributed by atoms with Crippen LogP contribution in [0.25, 0.3) is 5.00 Å². The van der Waals surface area contributed by atoms with Crippen molar-refractivity contribution in [1.29, 1.82) is 0 Å². The molecule has 1 unspecified atom stereocenters. The summed E-state index contributed by atoms with van der Waals surface area (Å²) in [6.45, 7) is 11.4. The van der Waals surface area contributed by atoms with Gasteiger partial charge in [0.05, 0.1) is 17.7 Å². The third kappa shape index (κ3) is 4.32. The van der Waals surface area contributed by atoms with E-state index in [1.54, 1.807) is 35.6 Å². The van der Waals surface area contributed by atoms with Crippen LogP contribution in [0.5, 0.6) is 0 Å². The molecular formula is C24H26N4O4S. The van der Waals surface area contributed by atoms with Crippen LogP contribution in [-0.2, 0) is 9.53 Å². The number of carboxylic acid groups (broad SMARTS) is 1. The van der Waals surface area contributed by atoms with Gasteiger partial charge in [0.15, 0.2) is 5.82 Å². The number of thiophene rings is 1. The number of fused-ring (bicyclic) bond motifs is 3. The number of carbonyl (C=O) groups excluding carboxylic acids is 1. The standard InChI is InChI=1S/C24H26N4O4S/c1-12-13(2)33-22-19(12)20(15-7-9-16(10-8-15)23(30)31)25-17(11-18(29)32-24(4,5)6)21-27-26-14(3)28(21)22/h7-10,17H,11H2,1-6H3,(H,30,31). The van der Waals surface area contributed by atoms with E-state index in [-0.39, 0.29) is 18.0 Å². The Hall–Kier alpha value is -3.33. The molecule has 0 radical (unpaired) electrons. The minimum atomic E-state index is -0.989. The number of aromatic carboxylic acids is 1.